The third kappa shape index (κ3) is 3.44. The van der Waals surface area contributed by atoms with E-state index in [9.17, 15) is 4.79 Å². The highest BCUT2D eigenvalue weighted by atomic mass is 35.5. The second-order valence-electron chi connectivity index (χ2n) is 5.62. The van der Waals surface area contributed by atoms with Crippen molar-refractivity contribution in [1.29, 1.82) is 0 Å². The molecule has 0 amide bonds. The average molecular weight is 248 g/mol. The zero-order valence-corrected chi connectivity index (χ0v) is 11.4. The van der Waals surface area contributed by atoms with E-state index in [1.165, 1.54) is 0 Å². The van der Waals surface area contributed by atoms with Crippen molar-refractivity contribution in [3.05, 3.63) is 0 Å². The van der Waals surface area contributed by atoms with Crippen LogP contribution in [0.1, 0.15) is 47.0 Å². The van der Waals surface area contributed by atoms with Crippen LogP contribution in [-0.2, 0) is 9.63 Å². The van der Waals surface area contributed by atoms with Crippen LogP contribution in [0.2, 0.25) is 0 Å². The van der Waals surface area contributed by atoms with Gasteiger partial charge in [-0.2, -0.15) is 5.06 Å². The van der Waals surface area contributed by atoms with Crippen molar-refractivity contribution in [2.24, 2.45) is 5.41 Å². The molecule has 0 unspecified atom stereocenters. The summed E-state index contributed by atoms with van der Waals surface area (Å²) in [6.45, 7) is 9.52. The topological polar surface area (TPSA) is 29.5 Å². The highest BCUT2D eigenvalue weighted by Gasteiger charge is 2.44. The lowest BCUT2D eigenvalue weighted by atomic mass is 9.84. The van der Waals surface area contributed by atoms with Gasteiger partial charge in [0.15, 0.2) is 0 Å². The number of halogens is 1. The molecule has 1 rings (SSSR count). The molecule has 0 aromatic heterocycles. The van der Waals surface area contributed by atoms with Crippen LogP contribution < -0.4 is 0 Å². The summed E-state index contributed by atoms with van der Waals surface area (Å²) in [5.74, 6) is 0. The summed E-state index contributed by atoms with van der Waals surface area (Å²) in [4.78, 5) is 17.3. The van der Waals surface area contributed by atoms with Gasteiger partial charge in [-0.3, -0.25) is 9.63 Å². The minimum absolute atomic E-state index is 0.211. The third-order valence-corrected chi connectivity index (χ3v) is 3.27. The fraction of sp³-hybridized carbons (Fsp3) is 0.917. The quantitative estimate of drug-likeness (QED) is 0.716. The van der Waals surface area contributed by atoms with E-state index in [0.29, 0.717) is 6.54 Å². The van der Waals surface area contributed by atoms with E-state index < -0.39 is 0 Å². The summed E-state index contributed by atoms with van der Waals surface area (Å²) in [5.41, 5.74) is -0.598. The molecule has 94 valence electrons. The van der Waals surface area contributed by atoms with Crippen LogP contribution in [0.4, 0.5) is 0 Å². The molecular weight excluding hydrogens is 226 g/mol. The minimum atomic E-state index is -0.387. The number of rotatable bonds is 4. The first-order valence-electron chi connectivity index (χ1n) is 5.93. The zero-order chi connectivity index (χ0) is 12.4. The number of hydrogen-bond donors (Lipinski definition) is 0. The van der Waals surface area contributed by atoms with E-state index in [1.54, 1.807) is 0 Å². The van der Waals surface area contributed by atoms with Gasteiger partial charge in [0.25, 0.3) is 0 Å². The van der Waals surface area contributed by atoms with E-state index in [0.717, 1.165) is 25.8 Å². The molecule has 1 aliphatic rings. The predicted molar refractivity (Wildman–Crippen MR) is 65.2 cm³/mol. The molecule has 3 nitrogen and oxygen atoms in total. The molecule has 1 atom stereocenters. The monoisotopic (exact) mass is 247 g/mol. The first-order valence-corrected chi connectivity index (χ1v) is 6.31. The van der Waals surface area contributed by atoms with E-state index in [2.05, 4.69) is 6.92 Å². The molecule has 1 heterocycles. The maximum absolute atomic E-state index is 11.6. The fourth-order valence-electron chi connectivity index (χ4n) is 2.24. The van der Waals surface area contributed by atoms with Crippen molar-refractivity contribution >= 4 is 16.8 Å². The lowest BCUT2D eigenvalue weighted by Gasteiger charge is -2.29. The minimum Gasteiger partial charge on any atom is -0.293 e. The fourth-order valence-corrected chi connectivity index (χ4v) is 2.49. The number of hydrogen-bond acceptors (Lipinski definition) is 3. The SMILES string of the molecule is CCC[C@]1(C(=O)Cl)CCN(OC(C)(C)C)C1. The highest BCUT2D eigenvalue weighted by molar-refractivity contribution is 6.64. The van der Waals surface area contributed by atoms with Gasteiger partial charge >= 0.3 is 0 Å². The standard InChI is InChI=1S/C12H22ClNO2/c1-5-6-12(10(13)15)7-8-14(9-12)16-11(2,3)4/h5-9H2,1-4H3/t12-/m0/s1. The van der Waals surface area contributed by atoms with E-state index in [1.807, 2.05) is 25.8 Å². The van der Waals surface area contributed by atoms with Crippen molar-refractivity contribution in [2.45, 2.75) is 52.6 Å². The van der Waals surface area contributed by atoms with Gasteiger partial charge in [-0.05, 0) is 45.2 Å². The van der Waals surface area contributed by atoms with Gasteiger partial charge in [-0.1, -0.05) is 13.3 Å². The summed E-state index contributed by atoms with van der Waals surface area (Å²) in [5, 5.41) is 1.67. The second-order valence-corrected chi connectivity index (χ2v) is 5.96. The van der Waals surface area contributed by atoms with Crippen molar-refractivity contribution < 1.29 is 9.63 Å². The van der Waals surface area contributed by atoms with Crippen LogP contribution in [0.5, 0.6) is 0 Å². The summed E-state index contributed by atoms with van der Waals surface area (Å²) in [6, 6.07) is 0. The summed E-state index contributed by atoms with van der Waals surface area (Å²) in [6.07, 6.45) is 2.63. The molecule has 0 N–H and O–H groups in total. The Bertz CT molecular complexity index is 262. The smallest absolute Gasteiger partial charge is 0.229 e. The largest absolute Gasteiger partial charge is 0.293 e. The molecule has 0 aliphatic carbocycles. The Morgan fingerprint density at radius 2 is 2.12 bits per heavy atom. The molecule has 0 saturated carbocycles. The van der Waals surface area contributed by atoms with Gasteiger partial charge in [-0.25, -0.2) is 0 Å². The van der Waals surface area contributed by atoms with Crippen molar-refractivity contribution in [1.82, 2.24) is 5.06 Å². The van der Waals surface area contributed by atoms with E-state index in [4.69, 9.17) is 16.4 Å². The van der Waals surface area contributed by atoms with Gasteiger partial charge in [0.1, 0.15) is 0 Å². The molecule has 1 fully saturated rings. The van der Waals surface area contributed by atoms with E-state index in [-0.39, 0.29) is 16.3 Å². The van der Waals surface area contributed by atoms with E-state index >= 15 is 0 Å². The number of nitrogens with zero attached hydrogens (tertiary/aromatic N) is 1. The second kappa shape index (κ2) is 5.03. The van der Waals surface area contributed by atoms with Gasteiger partial charge in [0.05, 0.1) is 11.0 Å². The Hall–Kier alpha value is -0.120. The number of carbonyl (C=O) groups is 1. The third-order valence-electron chi connectivity index (χ3n) is 2.87. The molecule has 1 saturated heterocycles. The van der Waals surface area contributed by atoms with Crippen LogP contribution in [-0.4, -0.2) is 29.0 Å². The maximum atomic E-state index is 11.6. The molecule has 4 heteroatoms. The molecule has 16 heavy (non-hydrogen) atoms. The first kappa shape index (κ1) is 13.9. The first-order chi connectivity index (χ1) is 7.29. The number of hydroxylamine groups is 2. The molecule has 0 aromatic rings. The molecule has 0 bridgehead atoms. The molecular formula is C12H22ClNO2. The lowest BCUT2D eigenvalue weighted by Crippen LogP contribution is -2.36. The van der Waals surface area contributed by atoms with Gasteiger partial charge < -0.3 is 0 Å². The highest BCUT2D eigenvalue weighted by Crippen LogP contribution is 2.38. The van der Waals surface area contributed by atoms with Gasteiger partial charge in [-0.15, -0.1) is 0 Å². The maximum Gasteiger partial charge on any atom is 0.229 e. The lowest BCUT2D eigenvalue weighted by molar-refractivity contribution is -0.220. The van der Waals surface area contributed by atoms with Gasteiger partial charge in [0.2, 0.25) is 5.24 Å². The zero-order valence-electron chi connectivity index (χ0n) is 10.7. The molecule has 1 aliphatic heterocycles. The number of carbonyl (C=O) groups excluding carboxylic acids is 1. The van der Waals surface area contributed by atoms with Crippen molar-refractivity contribution in [3.63, 3.8) is 0 Å². The Kier molecular flexibility index (Phi) is 4.38. The normalized spacial score (nSPS) is 27.3. The average Bonchev–Trinajstić information content (AvgIpc) is 2.47. The van der Waals surface area contributed by atoms with Crippen LogP contribution in [0.15, 0.2) is 0 Å². The summed E-state index contributed by atoms with van der Waals surface area (Å²) < 4.78 is 0. The molecule has 0 radical (unpaired) electrons. The van der Waals surface area contributed by atoms with Crippen LogP contribution in [0, 0.1) is 5.41 Å². The van der Waals surface area contributed by atoms with Crippen LogP contribution >= 0.6 is 11.6 Å². The summed E-state index contributed by atoms with van der Waals surface area (Å²) in [7, 11) is 0. The Morgan fingerprint density at radius 3 is 2.56 bits per heavy atom. The van der Waals surface area contributed by atoms with Gasteiger partial charge in [0, 0.05) is 13.1 Å². The Morgan fingerprint density at radius 1 is 1.50 bits per heavy atom. The Balaban J connectivity index is 2.64. The van der Waals surface area contributed by atoms with Crippen molar-refractivity contribution in [2.75, 3.05) is 13.1 Å². The predicted octanol–water partition coefficient (Wildman–Crippen LogP) is 2.97. The van der Waals surface area contributed by atoms with Crippen molar-refractivity contribution in [3.8, 4) is 0 Å². The summed E-state index contributed by atoms with van der Waals surface area (Å²) >= 11 is 5.74. The molecule has 0 spiro atoms. The van der Waals surface area contributed by atoms with Crippen LogP contribution in [0.25, 0.3) is 0 Å². The molecule has 0 aromatic carbocycles. The Labute approximate surface area is 103 Å². The van der Waals surface area contributed by atoms with Crippen LogP contribution in [0.3, 0.4) is 0 Å².